The maximum absolute atomic E-state index is 11.3. The number of nitrogens with zero attached hydrogens (tertiary/aromatic N) is 1. The predicted molar refractivity (Wildman–Crippen MR) is 56.1 cm³/mol. The van der Waals surface area contributed by atoms with Crippen LogP contribution < -0.4 is 5.32 Å². The van der Waals surface area contributed by atoms with E-state index in [1.54, 1.807) is 6.20 Å². The molecule has 1 unspecified atom stereocenters. The molecule has 4 nitrogen and oxygen atoms in total. The lowest BCUT2D eigenvalue weighted by Gasteiger charge is -2.12. The van der Waals surface area contributed by atoms with Crippen molar-refractivity contribution < 1.29 is 9.59 Å². The Morgan fingerprint density at radius 2 is 2.20 bits per heavy atom. The van der Waals surface area contributed by atoms with E-state index in [4.69, 9.17) is 0 Å². The number of carbonyl (C=O) groups is 2. The first-order chi connectivity index (χ1) is 7.09. The molecule has 0 aliphatic rings. The van der Waals surface area contributed by atoms with Gasteiger partial charge in [-0.2, -0.15) is 0 Å². The van der Waals surface area contributed by atoms with E-state index in [0.717, 1.165) is 5.69 Å². The van der Waals surface area contributed by atoms with Crippen molar-refractivity contribution >= 4 is 11.7 Å². The van der Waals surface area contributed by atoms with Crippen molar-refractivity contribution in [3.63, 3.8) is 0 Å². The van der Waals surface area contributed by atoms with Crippen molar-refractivity contribution in [3.8, 4) is 0 Å². The van der Waals surface area contributed by atoms with Crippen molar-refractivity contribution in [1.29, 1.82) is 0 Å². The Bertz CT molecular complexity index is 349. The third-order valence-corrected chi connectivity index (χ3v) is 1.92. The highest BCUT2D eigenvalue weighted by Gasteiger charge is 2.11. The first-order valence-corrected chi connectivity index (χ1v) is 4.79. The Labute approximate surface area is 88.7 Å². The Balaban J connectivity index is 2.53. The molecule has 1 amide bonds. The van der Waals surface area contributed by atoms with Gasteiger partial charge in [0.25, 0.3) is 0 Å². The van der Waals surface area contributed by atoms with Gasteiger partial charge in [0.05, 0.1) is 18.2 Å². The average Bonchev–Trinajstić information content (AvgIpc) is 2.17. The summed E-state index contributed by atoms with van der Waals surface area (Å²) in [6.07, 6.45) is 1.60. The van der Waals surface area contributed by atoms with Crippen LogP contribution in [-0.2, 0) is 9.59 Å². The van der Waals surface area contributed by atoms with Gasteiger partial charge in [0.2, 0.25) is 5.91 Å². The number of ketones is 1. The second-order valence-electron chi connectivity index (χ2n) is 3.42. The first kappa shape index (κ1) is 11.4. The molecule has 1 aromatic heterocycles. The van der Waals surface area contributed by atoms with Crippen LogP contribution in [0.1, 0.15) is 32.0 Å². The summed E-state index contributed by atoms with van der Waals surface area (Å²) < 4.78 is 0. The van der Waals surface area contributed by atoms with E-state index >= 15 is 0 Å². The summed E-state index contributed by atoms with van der Waals surface area (Å²) in [5.74, 6) is -0.402. The quantitative estimate of drug-likeness (QED) is 0.754. The summed E-state index contributed by atoms with van der Waals surface area (Å²) >= 11 is 0. The SMILES string of the molecule is CC(=O)CC(=O)NC(C)c1ccccn1. The highest BCUT2D eigenvalue weighted by Crippen LogP contribution is 2.07. The molecule has 0 saturated carbocycles. The summed E-state index contributed by atoms with van der Waals surface area (Å²) in [4.78, 5) is 26.1. The fourth-order valence-electron chi connectivity index (χ4n) is 1.22. The summed E-state index contributed by atoms with van der Waals surface area (Å²) in [6.45, 7) is 3.23. The third-order valence-electron chi connectivity index (χ3n) is 1.92. The van der Waals surface area contributed by atoms with Crippen molar-refractivity contribution in [2.75, 3.05) is 0 Å². The molecular weight excluding hydrogens is 192 g/mol. The Morgan fingerprint density at radius 3 is 2.73 bits per heavy atom. The van der Waals surface area contributed by atoms with E-state index in [1.165, 1.54) is 6.92 Å². The van der Waals surface area contributed by atoms with Gasteiger partial charge in [-0.05, 0) is 26.0 Å². The zero-order chi connectivity index (χ0) is 11.3. The first-order valence-electron chi connectivity index (χ1n) is 4.79. The fourth-order valence-corrected chi connectivity index (χ4v) is 1.22. The largest absolute Gasteiger partial charge is 0.348 e. The van der Waals surface area contributed by atoms with Gasteiger partial charge in [-0.15, -0.1) is 0 Å². The van der Waals surface area contributed by atoms with Crippen LogP contribution in [0.15, 0.2) is 24.4 Å². The maximum atomic E-state index is 11.3. The minimum absolute atomic E-state index is 0.0722. The predicted octanol–water partition coefficient (Wildman–Crippen LogP) is 1.24. The molecule has 0 bridgehead atoms. The van der Waals surface area contributed by atoms with E-state index in [0.29, 0.717) is 0 Å². The van der Waals surface area contributed by atoms with Crippen molar-refractivity contribution in [1.82, 2.24) is 10.3 Å². The second-order valence-corrected chi connectivity index (χ2v) is 3.42. The molecule has 1 heterocycles. The highest BCUT2D eigenvalue weighted by atomic mass is 16.2. The molecule has 0 spiro atoms. The molecule has 0 fully saturated rings. The lowest BCUT2D eigenvalue weighted by atomic mass is 10.2. The van der Waals surface area contributed by atoms with E-state index in [1.807, 2.05) is 25.1 Å². The van der Waals surface area contributed by atoms with Gasteiger partial charge in [-0.25, -0.2) is 0 Å². The fraction of sp³-hybridized carbons (Fsp3) is 0.364. The minimum Gasteiger partial charge on any atom is -0.348 e. The lowest BCUT2D eigenvalue weighted by Crippen LogP contribution is -2.28. The maximum Gasteiger partial charge on any atom is 0.227 e. The summed E-state index contributed by atoms with van der Waals surface area (Å²) in [5.41, 5.74) is 0.786. The minimum atomic E-state index is -0.263. The number of carbonyl (C=O) groups excluding carboxylic acids is 2. The number of Topliss-reactive ketones (excluding diaryl/α,β-unsaturated/α-hetero) is 1. The number of nitrogens with one attached hydrogen (secondary N) is 1. The van der Waals surface area contributed by atoms with Gasteiger partial charge >= 0.3 is 0 Å². The van der Waals surface area contributed by atoms with Crippen LogP contribution >= 0.6 is 0 Å². The molecule has 0 saturated heterocycles. The number of amides is 1. The molecule has 1 atom stereocenters. The van der Waals surface area contributed by atoms with Crippen LogP contribution in [0.5, 0.6) is 0 Å². The molecule has 0 aliphatic carbocycles. The molecule has 4 heteroatoms. The molecule has 1 rings (SSSR count). The van der Waals surface area contributed by atoms with E-state index < -0.39 is 0 Å². The van der Waals surface area contributed by atoms with Crippen LogP contribution in [0.25, 0.3) is 0 Å². The smallest absolute Gasteiger partial charge is 0.227 e. The zero-order valence-electron chi connectivity index (χ0n) is 8.86. The van der Waals surface area contributed by atoms with Gasteiger partial charge in [0.15, 0.2) is 0 Å². The summed E-state index contributed by atoms with van der Waals surface area (Å²) in [5, 5.41) is 2.71. The van der Waals surface area contributed by atoms with Crippen LogP contribution in [0, 0.1) is 0 Å². The van der Waals surface area contributed by atoms with Gasteiger partial charge in [0.1, 0.15) is 5.78 Å². The van der Waals surface area contributed by atoms with E-state index in [2.05, 4.69) is 10.3 Å². The number of hydrogen-bond acceptors (Lipinski definition) is 3. The average molecular weight is 206 g/mol. The summed E-state index contributed by atoms with van der Waals surface area (Å²) in [7, 11) is 0. The lowest BCUT2D eigenvalue weighted by molar-refractivity contribution is -0.127. The van der Waals surface area contributed by atoms with Crippen LogP contribution in [0.3, 0.4) is 0 Å². The van der Waals surface area contributed by atoms with Crippen LogP contribution in [0.2, 0.25) is 0 Å². The standard InChI is InChI=1S/C11H14N2O2/c1-8(14)7-11(15)13-9(2)10-5-3-4-6-12-10/h3-6,9H,7H2,1-2H3,(H,13,15). The molecule has 0 aromatic carbocycles. The van der Waals surface area contributed by atoms with E-state index in [9.17, 15) is 9.59 Å². The van der Waals surface area contributed by atoms with Gasteiger partial charge in [0, 0.05) is 6.20 Å². The summed E-state index contributed by atoms with van der Waals surface area (Å²) in [6, 6.07) is 5.33. The van der Waals surface area contributed by atoms with Gasteiger partial charge in [-0.1, -0.05) is 6.07 Å². The highest BCUT2D eigenvalue weighted by molar-refractivity contribution is 5.96. The van der Waals surface area contributed by atoms with Crippen molar-refractivity contribution in [3.05, 3.63) is 30.1 Å². The topological polar surface area (TPSA) is 59.1 Å². The van der Waals surface area contributed by atoms with Gasteiger partial charge in [-0.3, -0.25) is 14.6 Å². The number of aromatic nitrogens is 1. The van der Waals surface area contributed by atoms with Crippen LogP contribution in [0.4, 0.5) is 0 Å². The molecule has 80 valence electrons. The van der Waals surface area contributed by atoms with Crippen molar-refractivity contribution in [2.24, 2.45) is 0 Å². The molecule has 15 heavy (non-hydrogen) atoms. The van der Waals surface area contributed by atoms with Crippen LogP contribution in [-0.4, -0.2) is 16.7 Å². The Kier molecular flexibility index (Phi) is 3.97. The van der Waals surface area contributed by atoms with Crippen molar-refractivity contribution in [2.45, 2.75) is 26.3 Å². The molecular formula is C11H14N2O2. The monoisotopic (exact) mass is 206 g/mol. The van der Waals surface area contributed by atoms with Gasteiger partial charge < -0.3 is 5.32 Å². The third kappa shape index (κ3) is 3.89. The number of pyridine rings is 1. The number of rotatable bonds is 4. The molecule has 1 aromatic rings. The Morgan fingerprint density at radius 1 is 1.47 bits per heavy atom. The Hall–Kier alpha value is -1.71. The molecule has 0 radical (unpaired) electrons. The molecule has 1 N–H and O–H groups in total. The normalized spacial score (nSPS) is 11.9. The van der Waals surface area contributed by atoms with E-state index in [-0.39, 0.29) is 24.2 Å². The number of hydrogen-bond donors (Lipinski definition) is 1. The zero-order valence-corrected chi connectivity index (χ0v) is 8.86. The second kappa shape index (κ2) is 5.24. The molecule has 0 aliphatic heterocycles.